The van der Waals surface area contributed by atoms with Crippen LogP contribution >= 0.6 is 0 Å². The van der Waals surface area contributed by atoms with Crippen LogP contribution in [0.15, 0.2) is 12.3 Å². The van der Waals surface area contributed by atoms with E-state index in [2.05, 4.69) is 18.4 Å². The minimum Gasteiger partial charge on any atom is -0.378 e. The van der Waals surface area contributed by atoms with Gasteiger partial charge < -0.3 is 9.64 Å². The van der Waals surface area contributed by atoms with Crippen molar-refractivity contribution in [1.29, 1.82) is 0 Å². The van der Waals surface area contributed by atoms with Crippen LogP contribution in [0.25, 0.3) is 0 Å². The van der Waals surface area contributed by atoms with E-state index in [0.29, 0.717) is 0 Å². The zero-order valence-corrected chi connectivity index (χ0v) is 9.31. The van der Waals surface area contributed by atoms with Crippen molar-refractivity contribution < 1.29 is 4.74 Å². The first-order valence-electron chi connectivity index (χ1n) is 5.35. The Balaban J connectivity index is 0.000000671. The van der Waals surface area contributed by atoms with Crippen LogP contribution in [0.1, 0.15) is 33.6 Å². The molecule has 1 rings (SSSR count). The van der Waals surface area contributed by atoms with Crippen molar-refractivity contribution >= 4 is 0 Å². The van der Waals surface area contributed by atoms with Crippen LogP contribution in [-0.4, -0.2) is 31.2 Å². The summed E-state index contributed by atoms with van der Waals surface area (Å²) in [4.78, 5) is 2.33. The fourth-order valence-corrected chi connectivity index (χ4v) is 1.33. The Morgan fingerprint density at radius 3 is 2.31 bits per heavy atom. The Morgan fingerprint density at radius 2 is 1.85 bits per heavy atom. The van der Waals surface area contributed by atoms with E-state index in [-0.39, 0.29) is 0 Å². The average Bonchev–Trinajstić information content (AvgIpc) is 2.23. The number of morpholine rings is 1. The number of hydrogen-bond acceptors (Lipinski definition) is 2. The molecule has 2 nitrogen and oxygen atoms in total. The monoisotopic (exact) mass is 185 g/mol. The van der Waals surface area contributed by atoms with Crippen LogP contribution in [0, 0.1) is 0 Å². The summed E-state index contributed by atoms with van der Waals surface area (Å²) >= 11 is 0. The van der Waals surface area contributed by atoms with Crippen molar-refractivity contribution in [1.82, 2.24) is 4.90 Å². The van der Waals surface area contributed by atoms with E-state index < -0.39 is 0 Å². The molecule has 0 saturated carbocycles. The van der Waals surface area contributed by atoms with E-state index in [4.69, 9.17) is 4.74 Å². The third-order valence-electron chi connectivity index (χ3n) is 2.00. The zero-order chi connectivity index (χ0) is 10.1. The van der Waals surface area contributed by atoms with Gasteiger partial charge in [-0.1, -0.05) is 33.8 Å². The first kappa shape index (κ1) is 12.5. The van der Waals surface area contributed by atoms with Crippen LogP contribution in [0.2, 0.25) is 0 Å². The van der Waals surface area contributed by atoms with E-state index in [1.807, 2.05) is 13.8 Å². The van der Waals surface area contributed by atoms with Gasteiger partial charge in [0.25, 0.3) is 0 Å². The lowest BCUT2D eigenvalue weighted by Crippen LogP contribution is -2.35. The third-order valence-corrected chi connectivity index (χ3v) is 2.00. The van der Waals surface area contributed by atoms with Gasteiger partial charge in [-0.05, 0) is 6.42 Å². The summed E-state index contributed by atoms with van der Waals surface area (Å²) in [6.07, 6.45) is 2.32. The smallest absolute Gasteiger partial charge is 0.0642 e. The van der Waals surface area contributed by atoms with Crippen molar-refractivity contribution in [3.63, 3.8) is 0 Å². The maximum atomic E-state index is 5.25. The van der Waals surface area contributed by atoms with Crippen molar-refractivity contribution in [2.45, 2.75) is 33.6 Å². The van der Waals surface area contributed by atoms with Crippen molar-refractivity contribution in [2.75, 3.05) is 26.3 Å². The van der Waals surface area contributed by atoms with E-state index in [1.165, 1.54) is 12.1 Å². The van der Waals surface area contributed by atoms with Gasteiger partial charge in [-0.3, -0.25) is 0 Å². The number of rotatable bonds is 3. The topological polar surface area (TPSA) is 12.5 Å². The van der Waals surface area contributed by atoms with Crippen molar-refractivity contribution in [3.05, 3.63) is 12.3 Å². The Hall–Kier alpha value is -0.500. The molecule has 0 aromatic carbocycles. The van der Waals surface area contributed by atoms with E-state index in [1.54, 1.807) is 0 Å². The van der Waals surface area contributed by atoms with Crippen LogP contribution < -0.4 is 0 Å². The molecule has 0 aromatic rings. The fourth-order valence-electron chi connectivity index (χ4n) is 1.33. The highest BCUT2D eigenvalue weighted by Gasteiger charge is 2.10. The maximum Gasteiger partial charge on any atom is 0.0642 e. The lowest BCUT2D eigenvalue weighted by molar-refractivity contribution is 0.0523. The molecule has 0 aromatic heterocycles. The average molecular weight is 185 g/mol. The van der Waals surface area contributed by atoms with E-state index >= 15 is 0 Å². The minimum atomic E-state index is 0.864. The highest BCUT2D eigenvalue weighted by molar-refractivity contribution is 4.94. The molecular weight excluding hydrogens is 162 g/mol. The molecular formula is C11H23NO. The zero-order valence-electron chi connectivity index (χ0n) is 9.31. The van der Waals surface area contributed by atoms with Gasteiger partial charge in [0.2, 0.25) is 0 Å². The Morgan fingerprint density at radius 1 is 1.31 bits per heavy atom. The molecule has 1 aliphatic heterocycles. The SMILES string of the molecule is C=C(CCC)N1CCOCC1.CC. The standard InChI is InChI=1S/C9H17NO.C2H6/c1-3-4-9(2)10-5-7-11-8-6-10;1-2/h2-8H2,1H3;1-2H3. The largest absolute Gasteiger partial charge is 0.378 e. The third kappa shape index (κ3) is 4.94. The van der Waals surface area contributed by atoms with Gasteiger partial charge in [0.15, 0.2) is 0 Å². The molecule has 0 spiro atoms. The number of nitrogens with zero attached hydrogens (tertiary/aromatic N) is 1. The Labute approximate surface area is 82.6 Å². The first-order chi connectivity index (χ1) is 6.34. The predicted molar refractivity (Wildman–Crippen MR) is 57.8 cm³/mol. The van der Waals surface area contributed by atoms with E-state index in [0.717, 1.165) is 32.7 Å². The molecule has 1 saturated heterocycles. The van der Waals surface area contributed by atoms with Gasteiger partial charge in [0, 0.05) is 18.8 Å². The van der Waals surface area contributed by atoms with Gasteiger partial charge in [-0.2, -0.15) is 0 Å². The maximum absolute atomic E-state index is 5.25. The molecule has 0 N–H and O–H groups in total. The molecule has 0 aliphatic carbocycles. The lowest BCUT2D eigenvalue weighted by atomic mass is 10.2. The molecule has 1 heterocycles. The molecule has 0 amide bonds. The highest BCUT2D eigenvalue weighted by Crippen LogP contribution is 2.10. The quantitative estimate of drug-likeness (QED) is 0.670. The van der Waals surface area contributed by atoms with E-state index in [9.17, 15) is 0 Å². The van der Waals surface area contributed by atoms with Crippen LogP contribution in [0.4, 0.5) is 0 Å². The summed E-state index contributed by atoms with van der Waals surface area (Å²) < 4.78 is 5.25. The van der Waals surface area contributed by atoms with Gasteiger partial charge in [0.1, 0.15) is 0 Å². The van der Waals surface area contributed by atoms with Crippen LogP contribution in [0.3, 0.4) is 0 Å². The molecule has 0 atom stereocenters. The number of allylic oxidation sites excluding steroid dienone is 1. The second-order valence-electron chi connectivity index (χ2n) is 2.92. The summed E-state index contributed by atoms with van der Waals surface area (Å²) in [7, 11) is 0. The van der Waals surface area contributed by atoms with Gasteiger partial charge in [-0.15, -0.1) is 0 Å². The minimum absolute atomic E-state index is 0.864. The number of hydrogen-bond donors (Lipinski definition) is 0. The van der Waals surface area contributed by atoms with Gasteiger partial charge >= 0.3 is 0 Å². The molecule has 2 heteroatoms. The normalized spacial score (nSPS) is 16.1. The van der Waals surface area contributed by atoms with Crippen LogP contribution in [-0.2, 0) is 4.74 Å². The molecule has 78 valence electrons. The predicted octanol–water partition coefficient (Wildman–Crippen LogP) is 2.66. The Bertz CT molecular complexity index is 128. The lowest BCUT2D eigenvalue weighted by Gasteiger charge is -2.30. The Kier molecular flexibility index (Phi) is 7.80. The summed E-state index contributed by atoms with van der Waals surface area (Å²) in [6.45, 7) is 14.0. The second kappa shape index (κ2) is 8.11. The molecule has 0 unspecified atom stereocenters. The number of ether oxygens (including phenoxy) is 1. The summed E-state index contributed by atoms with van der Waals surface area (Å²) in [5, 5.41) is 0. The second-order valence-corrected chi connectivity index (χ2v) is 2.92. The summed E-state index contributed by atoms with van der Waals surface area (Å²) in [5.74, 6) is 0. The molecule has 1 fully saturated rings. The highest BCUT2D eigenvalue weighted by atomic mass is 16.5. The first-order valence-corrected chi connectivity index (χ1v) is 5.35. The van der Waals surface area contributed by atoms with Gasteiger partial charge in [-0.25, -0.2) is 0 Å². The van der Waals surface area contributed by atoms with Crippen LogP contribution in [0.5, 0.6) is 0 Å². The fraction of sp³-hybridized carbons (Fsp3) is 0.818. The van der Waals surface area contributed by atoms with Crippen molar-refractivity contribution in [2.24, 2.45) is 0 Å². The van der Waals surface area contributed by atoms with Crippen molar-refractivity contribution in [3.8, 4) is 0 Å². The summed E-state index contributed by atoms with van der Waals surface area (Å²) in [6, 6.07) is 0. The summed E-state index contributed by atoms with van der Waals surface area (Å²) in [5.41, 5.74) is 1.27. The molecule has 0 radical (unpaired) electrons. The molecule has 1 aliphatic rings. The van der Waals surface area contributed by atoms with Gasteiger partial charge in [0.05, 0.1) is 13.2 Å². The molecule has 0 bridgehead atoms. The molecule has 13 heavy (non-hydrogen) atoms.